The summed E-state index contributed by atoms with van der Waals surface area (Å²) in [5.41, 5.74) is 2.47. The smallest absolute Gasteiger partial charge is 0.362 e. The van der Waals surface area contributed by atoms with Gasteiger partial charge in [0.1, 0.15) is 16.6 Å². The van der Waals surface area contributed by atoms with Crippen LogP contribution in [0.25, 0.3) is 0 Å². The van der Waals surface area contributed by atoms with E-state index in [1.165, 1.54) is 33.6 Å². The molecule has 0 unspecified atom stereocenters. The van der Waals surface area contributed by atoms with Gasteiger partial charge in [-0.2, -0.15) is 4.98 Å². The molecule has 0 spiro atoms. The average Bonchev–Trinajstić information content (AvgIpc) is 2.90. The average molecular weight is 568 g/mol. The first-order valence-electron chi connectivity index (χ1n) is 11.3. The topological polar surface area (TPSA) is 133 Å². The van der Waals surface area contributed by atoms with Crippen LogP contribution in [0.15, 0.2) is 42.6 Å². The number of nitrogens with one attached hydrogen (secondary N) is 3. The van der Waals surface area contributed by atoms with E-state index in [0.717, 1.165) is 6.07 Å². The summed E-state index contributed by atoms with van der Waals surface area (Å²) in [5, 5.41) is 6.28. The quantitative estimate of drug-likeness (QED) is 0.198. The third-order valence-electron chi connectivity index (χ3n) is 5.04. The molecule has 3 rings (SSSR count). The van der Waals surface area contributed by atoms with Crippen LogP contribution in [0.4, 0.5) is 27.5 Å². The van der Waals surface area contributed by atoms with Crippen LogP contribution in [0, 0.1) is 11.7 Å². The number of benzene rings is 2. The summed E-state index contributed by atoms with van der Waals surface area (Å²) in [6.07, 6.45) is 1.32. The number of anilines is 4. The zero-order valence-electron chi connectivity index (χ0n) is 21.4. The number of ether oxygens (including phenoxy) is 1. The number of methoxy groups -OCH3 is 1. The fourth-order valence-electron chi connectivity index (χ4n) is 3.18. The molecule has 204 valence electrons. The lowest BCUT2D eigenvalue weighted by Crippen LogP contribution is -2.26. The number of hydrogen-bond acceptors (Lipinski definition) is 10. The number of para-hydroxylation sites is 1. The largest absolute Gasteiger partial charge is 0.495 e. The Bertz CT molecular complexity index is 1340. The van der Waals surface area contributed by atoms with Gasteiger partial charge in [-0.25, -0.2) is 14.9 Å². The van der Waals surface area contributed by atoms with E-state index in [0.29, 0.717) is 5.69 Å². The lowest BCUT2D eigenvalue weighted by molar-refractivity contribution is 0.0205. The van der Waals surface area contributed by atoms with Crippen molar-refractivity contribution in [2.24, 2.45) is 5.92 Å². The fraction of sp³-hybridized carbons (Fsp3) is 0.292. The Labute approximate surface area is 224 Å². The first-order chi connectivity index (χ1) is 18.1. The monoisotopic (exact) mass is 567 g/mol. The Morgan fingerprint density at radius 1 is 1.11 bits per heavy atom. The second kappa shape index (κ2) is 13.0. The number of amides is 1. The molecule has 0 aliphatic rings. The van der Waals surface area contributed by atoms with Crippen molar-refractivity contribution in [1.82, 2.24) is 15.4 Å². The summed E-state index contributed by atoms with van der Waals surface area (Å²) in [5.74, 6) is -1.06. The molecular formula is C24H28ClFN5O6P. The number of hydrogen-bond donors (Lipinski definition) is 3. The third kappa shape index (κ3) is 6.97. The van der Waals surface area contributed by atoms with Crippen LogP contribution in [-0.4, -0.2) is 43.8 Å². The molecule has 1 heterocycles. The Morgan fingerprint density at radius 3 is 2.47 bits per heavy atom. The Morgan fingerprint density at radius 2 is 1.82 bits per heavy atom. The van der Waals surface area contributed by atoms with E-state index in [1.54, 1.807) is 24.3 Å². The van der Waals surface area contributed by atoms with Gasteiger partial charge in [0.15, 0.2) is 5.82 Å². The molecule has 14 heteroatoms. The molecular weight excluding hydrogens is 540 g/mol. The number of hydroxylamine groups is 1. The van der Waals surface area contributed by atoms with Crippen molar-refractivity contribution in [2.45, 2.75) is 13.8 Å². The zero-order valence-corrected chi connectivity index (χ0v) is 23.0. The predicted octanol–water partition coefficient (Wildman–Crippen LogP) is 5.19. The lowest BCUT2D eigenvalue weighted by atomic mass is 10.1. The van der Waals surface area contributed by atoms with Crippen LogP contribution in [0.1, 0.15) is 24.2 Å². The Hall–Kier alpha value is -3.28. The summed E-state index contributed by atoms with van der Waals surface area (Å²) < 4.78 is 43.3. The predicted molar refractivity (Wildman–Crippen MR) is 143 cm³/mol. The van der Waals surface area contributed by atoms with E-state index in [1.807, 2.05) is 13.8 Å². The van der Waals surface area contributed by atoms with E-state index >= 15 is 0 Å². The molecule has 3 aromatic rings. The van der Waals surface area contributed by atoms with Gasteiger partial charge >= 0.3 is 7.60 Å². The van der Waals surface area contributed by atoms with Crippen LogP contribution in [0.3, 0.4) is 0 Å². The highest BCUT2D eigenvalue weighted by atomic mass is 35.5. The summed E-state index contributed by atoms with van der Waals surface area (Å²) in [4.78, 5) is 25.9. The second-order valence-corrected chi connectivity index (χ2v) is 10.8. The molecule has 0 fully saturated rings. The van der Waals surface area contributed by atoms with E-state index < -0.39 is 19.3 Å². The number of halogens is 2. The number of aromatic nitrogens is 2. The molecule has 11 nitrogen and oxygen atoms in total. The van der Waals surface area contributed by atoms with Gasteiger partial charge < -0.3 is 24.4 Å². The minimum atomic E-state index is -3.60. The van der Waals surface area contributed by atoms with Crippen molar-refractivity contribution < 1.29 is 32.4 Å². The highest BCUT2D eigenvalue weighted by molar-refractivity contribution is 7.62. The van der Waals surface area contributed by atoms with Crippen molar-refractivity contribution in [3.63, 3.8) is 0 Å². The Balaban J connectivity index is 1.88. The number of nitrogens with zero attached hydrogens (tertiary/aromatic N) is 2. The van der Waals surface area contributed by atoms with Crippen molar-refractivity contribution in [3.8, 4) is 5.75 Å². The SMILES string of the molecule is COc1cc(C(=O)NOCC(C)C)c(F)cc1Nc1ncc(Cl)c(Nc2ccccc2P(=O)(OC)OC)n1. The summed E-state index contributed by atoms with van der Waals surface area (Å²) in [6.45, 7) is 4.09. The molecule has 0 aliphatic heterocycles. The van der Waals surface area contributed by atoms with Crippen LogP contribution in [-0.2, 0) is 18.5 Å². The van der Waals surface area contributed by atoms with Crippen molar-refractivity contribution in [2.75, 3.05) is 38.6 Å². The molecule has 0 radical (unpaired) electrons. The van der Waals surface area contributed by atoms with Gasteiger partial charge in [-0.05, 0) is 24.1 Å². The van der Waals surface area contributed by atoms with Crippen molar-refractivity contribution >= 4 is 53.5 Å². The molecule has 0 saturated carbocycles. The minimum Gasteiger partial charge on any atom is -0.495 e. The van der Waals surface area contributed by atoms with Crippen molar-refractivity contribution in [1.29, 1.82) is 0 Å². The molecule has 38 heavy (non-hydrogen) atoms. The van der Waals surface area contributed by atoms with Crippen LogP contribution >= 0.6 is 19.2 Å². The maximum atomic E-state index is 14.8. The van der Waals surface area contributed by atoms with Crippen LogP contribution < -0.4 is 26.2 Å². The first-order valence-corrected chi connectivity index (χ1v) is 13.2. The molecule has 1 aromatic heterocycles. The van der Waals surface area contributed by atoms with Gasteiger partial charge in [0, 0.05) is 20.3 Å². The fourth-order valence-corrected chi connectivity index (χ4v) is 4.55. The molecule has 0 aliphatic carbocycles. The Kier molecular flexibility index (Phi) is 10.0. The molecule has 0 saturated heterocycles. The number of carbonyl (C=O) groups excluding carboxylic acids is 1. The van der Waals surface area contributed by atoms with Gasteiger partial charge in [0.25, 0.3) is 5.91 Å². The minimum absolute atomic E-state index is 0.0335. The van der Waals surface area contributed by atoms with Gasteiger partial charge in [0.05, 0.1) is 42.2 Å². The summed E-state index contributed by atoms with van der Waals surface area (Å²) in [6, 6.07) is 8.94. The number of rotatable bonds is 12. The van der Waals surface area contributed by atoms with E-state index in [9.17, 15) is 13.8 Å². The van der Waals surface area contributed by atoms with E-state index in [-0.39, 0.29) is 51.6 Å². The van der Waals surface area contributed by atoms with Gasteiger partial charge in [-0.1, -0.05) is 37.6 Å². The lowest BCUT2D eigenvalue weighted by Gasteiger charge is -2.18. The highest BCUT2D eigenvalue weighted by Crippen LogP contribution is 2.47. The van der Waals surface area contributed by atoms with Crippen LogP contribution in [0.5, 0.6) is 5.75 Å². The van der Waals surface area contributed by atoms with E-state index in [4.69, 9.17) is 30.2 Å². The standard InChI is InChI=1S/C24H28ClFN5O6P/c1-14(2)13-37-31-23(32)15-10-20(34-3)19(11-17(15)26)29-24-27-12-16(25)22(30-24)28-18-8-6-7-9-21(18)38(33,35-4)36-5/h6-12,14H,13H2,1-5H3,(H,31,32)(H2,27,28,29,30). The molecule has 1 amide bonds. The maximum absolute atomic E-state index is 14.8. The summed E-state index contributed by atoms with van der Waals surface area (Å²) >= 11 is 6.30. The second-order valence-electron chi connectivity index (χ2n) is 8.19. The van der Waals surface area contributed by atoms with E-state index in [2.05, 4.69) is 26.1 Å². The first kappa shape index (κ1) is 29.3. The molecule has 2 aromatic carbocycles. The number of carbonyl (C=O) groups is 1. The van der Waals surface area contributed by atoms with Gasteiger partial charge in [-0.15, -0.1) is 0 Å². The molecule has 0 atom stereocenters. The summed E-state index contributed by atoms with van der Waals surface area (Å²) in [7, 11) is 0.328. The van der Waals surface area contributed by atoms with Gasteiger partial charge in [-0.3, -0.25) is 14.2 Å². The molecule has 3 N–H and O–H groups in total. The normalized spacial score (nSPS) is 11.4. The van der Waals surface area contributed by atoms with Gasteiger partial charge in [0.2, 0.25) is 5.95 Å². The van der Waals surface area contributed by atoms with Crippen molar-refractivity contribution in [3.05, 3.63) is 59.0 Å². The maximum Gasteiger partial charge on any atom is 0.362 e. The third-order valence-corrected chi connectivity index (χ3v) is 7.26. The molecule has 0 bridgehead atoms. The van der Waals surface area contributed by atoms with Crippen LogP contribution in [0.2, 0.25) is 5.02 Å². The zero-order chi connectivity index (χ0) is 27.9. The highest BCUT2D eigenvalue weighted by Gasteiger charge is 2.28.